The molecule has 1 rings (SSSR count). The summed E-state index contributed by atoms with van der Waals surface area (Å²) in [5.41, 5.74) is 1.08. The van der Waals surface area contributed by atoms with Crippen LogP contribution < -0.4 is 10.6 Å². The number of rotatable bonds is 5. The number of hydrogen-bond acceptors (Lipinski definition) is 4. The number of nitrogens with one attached hydrogen (secondary N) is 2. The van der Waals surface area contributed by atoms with Gasteiger partial charge in [0, 0.05) is 18.9 Å². The Bertz CT molecular complexity index is 488. The molecule has 0 aliphatic heterocycles. The van der Waals surface area contributed by atoms with Gasteiger partial charge < -0.3 is 10.6 Å². The van der Waals surface area contributed by atoms with Gasteiger partial charge in [-0.05, 0) is 31.0 Å². The van der Waals surface area contributed by atoms with Crippen LogP contribution in [0, 0.1) is 18.3 Å². The number of carbonyl (C=O) groups is 1. The van der Waals surface area contributed by atoms with Crippen molar-refractivity contribution in [2.45, 2.75) is 20.3 Å². The number of aromatic nitrogens is 1. The van der Waals surface area contributed by atoms with Crippen LogP contribution >= 0.6 is 0 Å². The molecule has 0 aliphatic carbocycles. The van der Waals surface area contributed by atoms with E-state index in [0.717, 1.165) is 12.0 Å². The van der Waals surface area contributed by atoms with E-state index < -0.39 is 0 Å². The van der Waals surface area contributed by atoms with E-state index in [1.807, 2.05) is 32.0 Å². The summed E-state index contributed by atoms with van der Waals surface area (Å²) in [4.78, 5) is 15.6. The van der Waals surface area contributed by atoms with Crippen LogP contribution in [0.3, 0.4) is 0 Å². The van der Waals surface area contributed by atoms with Gasteiger partial charge in [-0.25, -0.2) is 4.98 Å². The number of hydrogen-bond donors (Lipinski definition) is 2. The summed E-state index contributed by atoms with van der Waals surface area (Å²) in [5, 5.41) is 14.4. The quantitative estimate of drug-likeness (QED) is 0.611. The van der Waals surface area contributed by atoms with Crippen LogP contribution in [0.15, 0.2) is 30.1 Å². The number of amides is 1. The Morgan fingerprint density at radius 3 is 3.00 bits per heavy atom. The molecule has 1 aromatic heterocycles. The first-order valence-corrected chi connectivity index (χ1v) is 5.75. The molecular weight excluding hydrogens is 228 g/mol. The predicted molar refractivity (Wildman–Crippen MR) is 69.6 cm³/mol. The number of aryl methyl sites for hydroxylation is 1. The van der Waals surface area contributed by atoms with Crippen molar-refractivity contribution in [2.24, 2.45) is 0 Å². The molecule has 2 N–H and O–H groups in total. The third kappa shape index (κ3) is 4.26. The van der Waals surface area contributed by atoms with Gasteiger partial charge >= 0.3 is 0 Å². The standard InChI is InChI=1S/C13H16N4O/c1-3-5-16-13(18)11(8-14)9-17-12-7-10(2)4-6-15-12/h4,6-7,9H,3,5H2,1-2H3,(H,15,17)(H,16,18)/b11-9-. The van der Waals surface area contributed by atoms with Crippen molar-refractivity contribution < 1.29 is 4.79 Å². The van der Waals surface area contributed by atoms with Gasteiger partial charge in [0.2, 0.25) is 0 Å². The molecule has 0 radical (unpaired) electrons. The highest BCUT2D eigenvalue weighted by atomic mass is 16.1. The Labute approximate surface area is 107 Å². The second-order valence-corrected chi connectivity index (χ2v) is 3.79. The lowest BCUT2D eigenvalue weighted by molar-refractivity contribution is -0.117. The third-order valence-corrected chi connectivity index (χ3v) is 2.18. The first kappa shape index (κ1) is 13.7. The minimum Gasteiger partial charge on any atom is -0.351 e. The Morgan fingerprint density at radius 1 is 1.61 bits per heavy atom. The maximum Gasteiger partial charge on any atom is 0.263 e. The van der Waals surface area contributed by atoms with Crippen molar-refractivity contribution in [1.82, 2.24) is 10.3 Å². The second kappa shape index (κ2) is 7.07. The molecule has 0 bridgehead atoms. The number of nitriles is 1. The fraction of sp³-hybridized carbons (Fsp3) is 0.308. The van der Waals surface area contributed by atoms with E-state index >= 15 is 0 Å². The molecule has 0 saturated heterocycles. The highest BCUT2D eigenvalue weighted by molar-refractivity contribution is 5.97. The van der Waals surface area contributed by atoms with Gasteiger partial charge in [-0.1, -0.05) is 6.92 Å². The summed E-state index contributed by atoms with van der Waals surface area (Å²) in [7, 11) is 0. The highest BCUT2D eigenvalue weighted by Gasteiger charge is 2.07. The molecule has 18 heavy (non-hydrogen) atoms. The van der Waals surface area contributed by atoms with E-state index in [-0.39, 0.29) is 11.5 Å². The molecule has 0 aromatic carbocycles. The van der Waals surface area contributed by atoms with Crippen molar-refractivity contribution >= 4 is 11.7 Å². The molecule has 0 unspecified atom stereocenters. The minimum atomic E-state index is -0.375. The summed E-state index contributed by atoms with van der Waals surface area (Å²) in [5.74, 6) is 0.227. The summed E-state index contributed by atoms with van der Waals surface area (Å²) in [6.45, 7) is 4.45. The summed E-state index contributed by atoms with van der Waals surface area (Å²) in [6.07, 6.45) is 3.86. The fourth-order valence-electron chi connectivity index (χ4n) is 1.24. The molecule has 0 atom stereocenters. The topological polar surface area (TPSA) is 77.8 Å². The van der Waals surface area contributed by atoms with Gasteiger partial charge in [-0.3, -0.25) is 4.79 Å². The smallest absolute Gasteiger partial charge is 0.263 e. The van der Waals surface area contributed by atoms with Crippen molar-refractivity contribution in [2.75, 3.05) is 11.9 Å². The van der Waals surface area contributed by atoms with E-state index in [9.17, 15) is 4.79 Å². The largest absolute Gasteiger partial charge is 0.351 e. The number of anilines is 1. The monoisotopic (exact) mass is 244 g/mol. The van der Waals surface area contributed by atoms with Gasteiger partial charge in [-0.2, -0.15) is 5.26 Å². The van der Waals surface area contributed by atoms with E-state index in [0.29, 0.717) is 12.4 Å². The SMILES string of the molecule is CCCNC(=O)/C(C#N)=C\Nc1cc(C)ccn1. The van der Waals surface area contributed by atoms with Crippen molar-refractivity contribution in [1.29, 1.82) is 5.26 Å². The zero-order valence-electron chi connectivity index (χ0n) is 10.5. The van der Waals surface area contributed by atoms with Crippen LogP contribution in [0.25, 0.3) is 0 Å². The van der Waals surface area contributed by atoms with Crippen molar-refractivity contribution in [3.05, 3.63) is 35.7 Å². The Balaban J connectivity index is 2.69. The zero-order valence-corrected chi connectivity index (χ0v) is 10.5. The van der Waals surface area contributed by atoms with Crippen LogP contribution in [0.5, 0.6) is 0 Å². The molecule has 5 nitrogen and oxygen atoms in total. The minimum absolute atomic E-state index is 0.0340. The maximum absolute atomic E-state index is 11.6. The van der Waals surface area contributed by atoms with Crippen LogP contribution in [-0.4, -0.2) is 17.4 Å². The van der Waals surface area contributed by atoms with Crippen LogP contribution in [0.1, 0.15) is 18.9 Å². The number of nitrogens with zero attached hydrogens (tertiary/aromatic N) is 2. The lowest BCUT2D eigenvalue weighted by atomic mass is 10.3. The van der Waals surface area contributed by atoms with E-state index in [1.165, 1.54) is 6.20 Å². The summed E-state index contributed by atoms with van der Waals surface area (Å²) in [6, 6.07) is 5.55. The van der Waals surface area contributed by atoms with Gasteiger partial charge in [-0.15, -0.1) is 0 Å². The van der Waals surface area contributed by atoms with Crippen molar-refractivity contribution in [3.63, 3.8) is 0 Å². The first-order valence-electron chi connectivity index (χ1n) is 5.75. The Kier molecular flexibility index (Phi) is 5.39. The molecule has 1 amide bonds. The fourth-order valence-corrected chi connectivity index (χ4v) is 1.24. The lowest BCUT2D eigenvalue weighted by Crippen LogP contribution is -2.25. The van der Waals surface area contributed by atoms with E-state index in [2.05, 4.69) is 15.6 Å². The number of pyridine rings is 1. The molecular formula is C13H16N4O. The van der Waals surface area contributed by atoms with Gasteiger partial charge in [0.25, 0.3) is 5.91 Å². The molecule has 1 heterocycles. The predicted octanol–water partition coefficient (Wildman–Crippen LogP) is 1.74. The number of carbonyl (C=O) groups excluding carboxylic acids is 1. The van der Waals surface area contributed by atoms with Crippen LogP contribution in [-0.2, 0) is 4.79 Å². The van der Waals surface area contributed by atoms with E-state index in [1.54, 1.807) is 6.20 Å². The van der Waals surface area contributed by atoms with Gasteiger partial charge in [0.15, 0.2) is 0 Å². The maximum atomic E-state index is 11.6. The van der Waals surface area contributed by atoms with E-state index in [4.69, 9.17) is 5.26 Å². The highest BCUT2D eigenvalue weighted by Crippen LogP contribution is 2.06. The molecule has 94 valence electrons. The molecule has 0 saturated carbocycles. The van der Waals surface area contributed by atoms with Crippen molar-refractivity contribution in [3.8, 4) is 6.07 Å². The van der Waals surface area contributed by atoms with Crippen LogP contribution in [0.2, 0.25) is 0 Å². The Morgan fingerprint density at radius 2 is 2.39 bits per heavy atom. The summed E-state index contributed by atoms with van der Waals surface area (Å²) < 4.78 is 0. The molecule has 0 spiro atoms. The van der Waals surface area contributed by atoms with Crippen LogP contribution in [0.4, 0.5) is 5.82 Å². The average Bonchev–Trinajstić information content (AvgIpc) is 2.37. The molecule has 5 heteroatoms. The first-order chi connectivity index (χ1) is 8.67. The second-order valence-electron chi connectivity index (χ2n) is 3.79. The van der Waals surface area contributed by atoms with Gasteiger partial charge in [0.1, 0.15) is 17.5 Å². The molecule has 1 aromatic rings. The molecule has 0 fully saturated rings. The zero-order chi connectivity index (χ0) is 13.4. The average molecular weight is 244 g/mol. The van der Waals surface area contributed by atoms with Gasteiger partial charge in [0.05, 0.1) is 0 Å². The Hall–Kier alpha value is -2.35. The normalized spacial score (nSPS) is 10.6. The summed E-state index contributed by atoms with van der Waals surface area (Å²) >= 11 is 0. The lowest BCUT2D eigenvalue weighted by Gasteiger charge is -2.03. The third-order valence-electron chi connectivity index (χ3n) is 2.18. The molecule has 0 aliphatic rings.